The van der Waals surface area contributed by atoms with E-state index in [-0.39, 0.29) is 18.0 Å². The Hall–Kier alpha value is -0.140. The normalized spacial score (nSPS) is 25.0. The number of alkyl halides is 1. The Morgan fingerprint density at radius 1 is 1.55 bits per heavy atom. The molecule has 0 amide bonds. The number of rotatable bonds is 4. The Bertz CT molecular complexity index is 570. The molecule has 0 N–H and O–H groups in total. The summed E-state index contributed by atoms with van der Waals surface area (Å²) in [6, 6.07) is -0.0984. The van der Waals surface area contributed by atoms with Crippen LogP contribution in [0.4, 0.5) is 0 Å². The molecular formula is C13H20ClNO3S2. The Balaban J connectivity index is 2.44. The zero-order chi connectivity index (χ0) is 14.9. The first-order chi connectivity index (χ1) is 9.41. The van der Waals surface area contributed by atoms with Crippen molar-refractivity contribution < 1.29 is 13.2 Å². The third kappa shape index (κ3) is 2.90. The quantitative estimate of drug-likeness (QED) is 0.793. The summed E-state index contributed by atoms with van der Waals surface area (Å²) in [5, 5.41) is 1.86. The highest BCUT2D eigenvalue weighted by molar-refractivity contribution is 7.89. The molecule has 2 rings (SSSR count). The summed E-state index contributed by atoms with van der Waals surface area (Å²) in [6.45, 7) is 6.56. The van der Waals surface area contributed by atoms with Crippen LogP contribution in [0.25, 0.3) is 0 Å². The molecule has 2 unspecified atom stereocenters. The molecule has 1 fully saturated rings. The number of aryl methyl sites for hydroxylation is 1. The van der Waals surface area contributed by atoms with Crippen LogP contribution in [0.5, 0.6) is 0 Å². The molecule has 7 heteroatoms. The minimum atomic E-state index is -3.51. The van der Waals surface area contributed by atoms with Crippen molar-refractivity contribution >= 4 is 33.0 Å². The van der Waals surface area contributed by atoms with Gasteiger partial charge in [-0.1, -0.05) is 6.92 Å². The second-order valence-electron chi connectivity index (χ2n) is 5.09. The van der Waals surface area contributed by atoms with Gasteiger partial charge in [0.15, 0.2) is 0 Å². The highest BCUT2D eigenvalue weighted by atomic mass is 35.5. The summed E-state index contributed by atoms with van der Waals surface area (Å²) in [5.41, 5.74) is 0.777. The molecule has 2 atom stereocenters. The van der Waals surface area contributed by atoms with Gasteiger partial charge >= 0.3 is 0 Å². The van der Waals surface area contributed by atoms with E-state index >= 15 is 0 Å². The van der Waals surface area contributed by atoms with Gasteiger partial charge in [-0.3, -0.25) is 0 Å². The predicted octanol–water partition coefficient (Wildman–Crippen LogP) is 2.98. The Morgan fingerprint density at radius 3 is 2.85 bits per heavy atom. The molecule has 20 heavy (non-hydrogen) atoms. The lowest BCUT2D eigenvalue weighted by Crippen LogP contribution is -2.51. The number of hydrogen-bond donors (Lipinski definition) is 0. The maximum Gasteiger partial charge on any atom is 0.244 e. The molecule has 1 aliphatic heterocycles. The molecule has 1 aliphatic rings. The average molecular weight is 338 g/mol. The number of sulfonamides is 1. The van der Waals surface area contributed by atoms with Crippen molar-refractivity contribution in [3.63, 3.8) is 0 Å². The third-order valence-electron chi connectivity index (χ3n) is 3.57. The largest absolute Gasteiger partial charge is 0.375 e. The van der Waals surface area contributed by atoms with Crippen LogP contribution in [-0.4, -0.2) is 38.0 Å². The molecule has 1 saturated heterocycles. The summed E-state index contributed by atoms with van der Waals surface area (Å²) in [5.74, 6) is 0.226. The van der Waals surface area contributed by atoms with Gasteiger partial charge in [0.2, 0.25) is 10.0 Å². The van der Waals surface area contributed by atoms with E-state index in [1.165, 1.54) is 11.3 Å². The van der Waals surface area contributed by atoms with Gasteiger partial charge in [0.05, 0.1) is 18.6 Å². The first-order valence-electron chi connectivity index (χ1n) is 6.68. The highest BCUT2D eigenvalue weighted by Gasteiger charge is 2.37. The number of nitrogens with zero attached hydrogens (tertiary/aromatic N) is 1. The molecule has 114 valence electrons. The van der Waals surface area contributed by atoms with Crippen LogP contribution in [0.15, 0.2) is 10.3 Å². The smallest absolute Gasteiger partial charge is 0.244 e. The molecule has 0 aliphatic carbocycles. The SMILES string of the molecule is CCC1COC(C)CN1S(=O)(=O)c1c(C)csc1CCl. The standard InChI is InChI=1S/C13H20ClNO3S2/c1-4-11-7-18-10(3)6-15(11)20(16,17)13-9(2)8-19-12(13)5-14/h8,10-11H,4-7H2,1-3H3. The number of morpholine rings is 1. The van der Waals surface area contributed by atoms with Gasteiger partial charge in [-0.15, -0.1) is 22.9 Å². The lowest BCUT2D eigenvalue weighted by atomic mass is 10.2. The molecule has 0 radical (unpaired) electrons. The number of ether oxygens (including phenoxy) is 1. The molecule has 0 spiro atoms. The summed E-state index contributed by atoms with van der Waals surface area (Å²) in [4.78, 5) is 1.11. The van der Waals surface area contributed by atoms with Crippen molar-refractivity contribution in [2.45, 2.75) is 50.1 Å². The van der Waals surface area contributed by atoms with Crippen molar-refractivity contribution in [3.8, 4) is 0 Å². The number of thiophene rings is 1. The number of hydrogen-bond acceptors (Lipinski definition) is 4. The summed E-state index contributed by atoms with van der Waals surface area (Å²) < 4.78 is 33.1. The maximum absolute atomic E-state index is 13.0. The van der Waals surface area contributed by atoms with E-state index in [0.29, 0.717) is 18.0 Å². The molecule has 4 nitrogen and oxygen atoms in total. The van der Waals surface area contributed by atoms with E-state index in [2.05, 4.69) is 0 Å². The van der Waals surface area contributed by atoms with E-state index in [1.807, 2.05) is 26.2 Å². The molecule has 1 aromatic heterocycles. The van der Waals surface area contributed by atoms with Gasteiger partial charge in [0.1, 0.15) is 4.90 Å². The molecule has 0 saturated carbocycles. The van der Waals surface area contributed by atoms with E-state index < -0.39 is 10.0 Å². The fourth-order valence-corrected chi connectivity index (χ4v) is 6.25. The Morgan fingerprint density at radius 2 is 2.25 bits per heavy atom. The number of halogens is 1. The molecular weight excluding hydrogens is 318 g/mol. The fourth-order valence-electron chi connectivity index (χ4n) is 2.47. The van der Waals surface area contributed by atoms with Crippen LogP contribution >= 0.6 is 22.9 Å². The zero-order valence-corrected chi connectivity index (χ0v) is 14.3. The van der Waals surface area contributed by atoms with Crippen LogP contribution < -0.4 is 0 Å². The van der Waals surface area contributed by atoms with Crippen LogP contribution in [0.1, 0.15) is 30.7 Å². The first-order valence-corrected chi connectivity index (χ1v) is 9.53. The van der Waals surface area contributed by atoms with E-state index in [9.17, 15) is 8.42 Å². The van der Waals surface area contributed by atoms with Crippen LogP contribution in [0.2, 0.25) is 0 Å². The van der Waals surface area contributed by atoms with Crippen molar-refractivity contribution in [2.24, 2.45) is 0 Å². The lowest BCUT2D eigenvalue weighted by Gasteiger charge is -2.37. The van der Waals surface area contributed by atoms with Gasteiger partial charge in [0.25, 0.3) is 0 Å². The Kier molecular flexibility index (Phi) is 5.13. The summed E-state index contributed by atoms with van der Waals surface area (Å²) >= 11 is 7.30. The third-order valence-corrected chi connectivity index (χ3v) is 7.37. The van der Waals surface area contributed by atoms with Gasteiger partial charge in [-0.2, -0.15) is 4.31 Å². The topological polar surface area (TPSA) is 46.6 Å². The van der Waals surface area contributed by atoms with Crippen LogP contribution in [0, 0.1) is 6.92 Å². The maximum atomic E-state index is 13.0. The van der Waals surface area contributed by atoms with Crippen molar-refractivity contribution in [3.05, 3.63) is 15.8 Å². The molecule has 2 heterocycles. The lowest BCUT2D eigenvalue weighted by molar-refractivity contribution is -0.0230. The van der Waals surface area contributed by atoms with Gasteiger partial charge in [-0.05, 0) is 31.2 Å². The van der Waals surface area contributed by atoms with Crippen LogP contribution in [-0.2, 0) is 20.6 Å². The molecule has 0 aromatic carbocycles. The minimum Gasteiger partial charge on any atom is -0.375 e. The second kappa shape index (κ2) is 6.32. The van der Waals surface area contributed by atoms with Crippen molar-refractivity contribution in [1.82, 2.24) is 4.31 Å². The fraction of sp³-hybridized carbons (Fsp3) is 0.692. The molecule has 1 aromatic rings. The molecule has 0 bridgehead atoms. The minimum absolute atomic E-state index is 0.0778. The average Bonchev–Trinajstić information content (AvgIpc) is 2.80. The summed E-state index contributed by atoms with van der Waals surface area (Å²) in [6.07, 6.45) is 0.664. The van der Waals surface area contributed by atoms with E-state index in [0.717, 1.165) is 16.9 Å². The second-order valence-corrected chi connectivity index (χ2v) is 8.14. The van der Waals surface area contributed by atoms with Crippen molar-refractivity contribution in [2.75, 3.05) is 13.2 Å². The van der Waals surface area contributed by atoms with Gasteiger partial charge < -0.3 is 4.74 Å². The van der Waals surface area contributed by atoms with Crippen molar-refractivity contribution in [1.29, 1.82) is 0 Å². The first kappa shape index (κ1) is 16.2. The summed E-state index contributed by atoms with van der Waals surface area (Å²) in [7, 11) is -3.51. The highest BCUT2D eigenvalue weighted by Crippen LogP contribution is 2.33. The van der Waals surface area contributed by atoms with E-state index in [4.69, 9.17) is 16.3 Å². The monoisotopic (exact) mass is 337 g/mol. The van der Waals surface area contributed by atoms with Gasteiger partial charge in [-0.25, -0.2) is 8.42 Å². The van der Waals surface area contributed by atoms with Gasteiger partial charge in [0, 0.05) is 17.5 Å². The zero-order valence-electron chi connectivity index (χ0n) is 11.9. The van der Waals surface area contributed by atoms with Crippen LogP contribution in [0.3, 0.4) is 0 Å². The Labute approximate surface area is 129 Å². The van der Waals surface area contributed by atoms with E-state index in [1.54, 1.807) is 4.31 Å². The predicted molar refractivity (Wildman–Crippen MR) is 82.0 cm³/mol.